The molecule has 7 nitrogen and oxygen atoms in total. The Bertz CT molecular complexity index is 826. The lowest BCUT2D eigenvalue weighted by Gasteiger charge is -2.21. The Balaban J connectivity index is 0.00000300. The Kier molecular flexibility index (Phi) is 8.11. The van der Waals surface area contributed by atoms with Crippen molar-refractivity contribution in [2.75, 3.05) is 26.7 Å². The van der Waals surface area contributed by atoms with Crippen LogP contribution in [-0.4, -0.2) is 58.5 Å². The molecular formula is C18H24F3IN6O. The van der Waals surface area contributed by atoms with Crippen LogP contribution in [0.3, 0.4) is 0 Å². The van der Waals surface area contributed by atoms with Gasteiger partial charge in [0, 0.05) is 58.1 Å². The molecule has 1 N–H and O–H groups in total. The fourth-order valence-corrected chi connectivity index (χ4v) is 3.18. The lowest BCUT2D eigenvalue weighted by atomic mass is 10.0. The lowest BCUT2D eigenvalue weighted by molar-refractivity contribution is -0.154. The summed E-state index contributed by atoms with van der Waals surface area (Å²) < 4.78 is 43.3. The zero-order valence-electron chi connectivity index (χ0n) is 16.2. The van der Waals surface area contributed by atoms with Gasteiger partial charge in [-0.3, -0.25) is 9.67 Å². The van der Waals surface area contributed by atoms with Gasteiger partial charge in [0.15, 0.2) is 12.6 Å². The molecule has 1 fully saturated rings. The van der Waals surface area contributed by atoms with Gasteiger partial charge in [-0.2, -0.15) is 18.3 Å². The highest BCUT2D eigenvalue weighted by atomic mass is 127. The number of hydrogen-bond donors (Lipinski definition) is 1. The van der Waals surface area contributed by atoms with E-state index in [9.17, 15) is 13.2 Å². The summed E-state index contributed by atoms with van der Waals surface area (Å²) in [4.78, 5) is 10.3. The van der Waals surface area contributed by atoms with Crippen LogP contribution in [0.25, 0.3) is 0 Å². The number of aryl methyl sites for hydroxylation is 1. The monoisotopic (exact) mass is 524 g/mol. The molecule has 0 saturated carbocycles. The highest BCUT2D eigenvalue weighted by Crippen LogP contribution is 2.26. The van der Waals surface area contributed by atoms with Gasteiger partial charge in [-0.1, -0.05) is 0 Å². The van der Waals surface area contributed by atoms with Crippen LogP contribution in [-0.2, 0) is 13.6 Å². The second kappa shape index (κ2) is 10.1. The molecule has 0 amide bonds. The summed E-state index contributed by atoms with van der Waals surface area (Å²) in [6.07, 6.45) is 1.98. The molecule has 1 saturated heterocycles. The van der Waals surface area contributed by atoms with Crippen molar-refractivity contribution in [1.29, 1.82) is 0 Å². The average molecular weight is 524 g/mol. The fraction of sp³-hybridized carbons (Fsp3) is 0.500. The molecule has 3 rings (SSSR count). The van der Waals surface area contributed by atoms with Crippen molar-refractivity contribution in [3.05, 3.63) is 41.9 Å². The van der Waals surface area contributed by atoms with Crippen LogP contribution in [0, 0.1) is 0 Å². The van der Waals surface area contributed by atoms with E-state index in [1.54, 1.807) is 17.8 Å². The minimum atomic E-state index is -4.39. The van der Waals surface area contributed by atoms with Crippen molar-refractivity contribution in [3.8, 4) is 5.88 Å². The van der Waals surface area contributed by atoms with Gasteiger partial charge in [0.1, 0.15) is 0 Å². The van der Waals surface area contributed by atoms with E-state index in [0.29, 0.717) is 12.5 Å². The molecule has 0 spiro atoms. The molecule has 2 aromatic rings. The number of ether oxygens (including phenoxy) is 1. The first-order valence-corrected chi connectivity index (χ1v) is 8.92. The molecule has 1 atom stereocenters. The summed E-state index contributed by atoms with van der Waals surface area (Å²) in [5.74, 6) is 1.10. The number of guanidine groups is 1. The summed E-state index contributed by atoms with van der Waals surface area (Å²) in [7, 11) is 3.61. The van der Waals surface area contributed by atoms with Crippen molar-refractivity contribution in [1.82, 2.24) is 25.0 Å². The third-order valence-electron chi connectivity index (χ3n) is 4.53. The number of alkyl halides is 3. The van der Waals surface area contributed by atoms with Crippen molar-refractivity contribution in [3.63, 3.8) is 0 Å². The number of aromatic nitrogens is 3. The van der Waals surface area contributed by atoms with Gasteiger partial charge in [-0.05, 0) is 23.6 Å². The molecule has 11 heteroatoms. The molecule has 1 aliphatic rings. The highest BCUT2D eigenvalue weighted by Gasteiger charge is 2.29. The van der Waals surface area contributed by atoms with Gasteiger partial charge in [-0.25, -0.2) is 4.98 Å². The molecule has 160 valence electrons. The van der Waals surface area contributed by atoms with E-state index < -0.39 is 12.8 Å². The molecule has 1 unspecified atom stereocenters. The Morgan fingerprint density at radius 1 is 1.41 bits per heavy atom. The van der Waals surface area contributed by atoms with Crippen LogP contribution in [0.1, 0.15) is 23.5 Å². The third-order valence-corrected chi connectivity index (χ3v) is 4.53. The number of hydrogen-bond acceptors (Lipinski definition) is 4. The summed E-state index contributed by atoms with van der Waals surface area (Å²) >= 11 is 0. The third kappa shape index (κ3) is 6.75. The van der Waals surface area contributed by atoms with Gasteiger partial charge < -0.3 is 15.0 Å². The second-order valence-electron chi connectivity index (χ2n) is 6.69. The summed E-state index contributed by atoms with van der Waals surface area (Å²) in [6, 6.07) is 3.22. The first-order valence-electron chi connectivity index (χ1n) is 8.92. The van der Waals surface area contributed by atoms with Gasteiger partial charge in [-0.15, -0.1) is 24.0 Å². The maximum atomic E-state index is 12.3. The summed E-state index contributed by atoms with van der Waals surface area (Å²) in [6.45, 7) is 0.755. The molecule has 0 bridgehead atoms. The largest absolute Gasteiger partial charge is 0.468 e. The standard InChI is InChI=1S/C18H23F3N6O.HI/c1-22-17(27-6-4-14(11-27)15-9-25-26(2)10-15)24-8-13-3-5-23-16(7-13)28-12-18(19,20)21;/h3,5,7,9-10,14H,4,6,8,11-12H2,1-2H3,(H,22,24);1H. The van der Waals surface area contributed by atoms with E-state index in [0.717, 1.165) is 31.0 Å². The Labute approximate surface area is 184 Å². The number of aliphatic imine (C=N–C) groups is 1. The van der Waals surface area contributed by atoms with Crippen LogP contribution in [0.2, 0.25) is 0 Å². The SMILES string of the molecule is CN=C(NCc1ccnc(OCC(F)(F)F)c1)N1CCC(c2cnn(C)c2)C1.I. The molecular weight excluding hydrogens is 500 g/mol. The molecule has 3 heterocycles. The zero-order valence-corrected chi connectivity index (χ0v) is 18.5. The molecule has 29 heavy (non-hydrogen) atoms. The van der Waals surface area contributed by atoms with Gasteiger partial charge in [0.25, 0.3) is 0 Å². The van der Waals surface area contributed by atoms with E-state index in [4.69, 9.17) is 4.74 Å². The van der Waals surface area contributed by atoms with Crippen LogP contribution >= 0.6 is 24.0 Å². The maximum absolute atomic E-state index is 12.3. The van der Waals surface area contributed by atoms with E-state index in [-0.39, 0.29) is 29.9 Å². The highest BCUT2D eigenvalue weighted by molar-refractivity contribution is 14.0. The van der Waals surface area contributed by atoms with E-state index in [1.165, 1.54) is 17.8 Å². The molecule has 0 aromatic carbocycles. The number of pyridine rings is 1. The summed E-state index contributed by atoms with van der Waals surface area (Å²) in [5, 5.41) is 7.48. The molecule has 0 aliphatic carbocycles. The predicted octanol–water partition coefficient (Wildman–Crippen LogP) is 2.94. The predicted molar refractivity (Wildman–Crippen MR) is 114 cm³/mol. The number of likely N-dealkylation sites (tertiary alicyclic amines) is 1. The topological polar surface area (TPSA) is 67.6 Å². The maximum Gasteiger partial charge on any atom is 0.422 e. The van der Waals surface area contributed by atoms with Crippen molar-refractivity contribution < 1.29 is 17.9 Å². The zero-order chi connectivity index (χ0) is 20.1. The van der Waals surface area contributed by atoms with Crippen LogP contribution in [0.4, 0.5) is 13.2 Å². The normalized spacial score (nSPS) is 17.2. The number of rotatable bonds is 5. The molecule has 0 radical (unpaired) electrons. The Hall–Kier alpha value is -2.05. The number of nitrogens with one attached hydrogen (secondary N) is 1. The molecule has 1 aliphatic heterocycles. The van der Waals surface area contributed by atoms with E-state index in [1.807, 2.05) is 19.4 Å². The van der Waals surface area contributed by atoms with Gasteiger partial charge >= 0.3 is 6.18 Å². The quantitative estimate of drug-likeness (QED) is 0.370. The Morgan fingerprint density at radius 3 is 2.86 bits per heavy atom. The second-order valence-corrected chi connectivity index (χ2v) is 6.69. The molecule has 2 aromatic heterocycles. The van der Waals surface area contributed by atoms with E-state index >= 15 is 0 Å². The van der Waals surface area contributed by atoms with Crippen molar-refractivity contribution in [2.24, 2.45) is 12.0 Å². The fourth-order valence-electron chi connectivity index (χ4n) is 3.18. The Morgan fingerprint density at radius 2 is 2.21 bits per heavy atom. The smallest absolute Gasteiger partial charge is 0.422 e. The van der Waals surface area contributed by atoms with Crippen molar-refractivity contribution >= 4 is 29.9 Å². The first kappa shape index (κ1) is 23.2. The van der Waals surface area contributed by atoms with E-state index in [2.05, 4.69) is 25.3 Å². The summed E-state index contributed by atoms with van der Waals surface area (Å²) in [5.41, 5.74) is 1.97. The minimum Gasteiger partial charge on any atom is -0.468 e. The van der Waals surface area contributed by atoms with Crippen LogP contribution in [0.15, 0.2) is 35.7 Å². The average Bonchev–Trinajstić information content (AvgIpc) is 3.30. The van der Waals surface area contributed by atoms with Crippen LogP contribution in [0.5, 0.6) is 5.88 Å². The van der Waals surface area contributed by atoms with Crippen LogP contribution < -0.4 is 10.1 Å². The van der Waals surface area contributed by atoms with Crippen molar-refractivity contribution in [2.45, 2.75) is 25.1 Å². The lowest BCUT2D eigenvalue weighted by Crippen LogP contribution is -2.39. The number of halogens is 4. The van der Waals surface area contributed by atoms with Gasteiger partial charge in [0.2, 0.25) is 5.88 Å². The minimum absolute atomic E-state index is 0. The van der Waals surface area contributed by atoms with Gasteiger partial charge in [0.05, 0.1) is 6.20 Å². The first-order chi connectivity index (χ1) is 13.3. The number of nitrogens with zero attached hydrogens (tertiary/aromatic N) is 5.